The molecule has 1 aliphatic heterocycles. The van der Waals surface area contributed by atoms with Crippen LogP contribution in [0.2, 0.25) is 0 Å². The summed E-state index contributed by atoms with van der Waals surface area (Å²) >= 11 is 1.36. The van der Waals surface area contributed by atoms with Crippen LogP contribution in [0.5, 0.6) is 5.75 Å². The molecule has 4 rings (SSSR count). The zero-order valence-corrected chi connectivity index (χ0v) is 17.9. The second kappa shape index (κ2) is 8.79. The van der Waals surface area contributed by atoms with Gasteiger partial charge in [-0.25, -0.2) is 4.68 Å². The number of carbonyl (C=O) groups is 1. The number of nitrogens with two attached hydrogens (primary N) is 1. The van der Waals surface area contributed by atoms with Crippen molar-refractivity contribution in [2.45, 2.75) is 43.7 Å². The molecule has 1 amide bonds. The predicted molar refractivity (Wildman–Crippen MR) is 118 cm³/mol. The molecule has 1 fully saturated rings. The minimum atomic E-state index is -0.237. The molecule has 2 heterocycles. The average Bonchev–Trinajstić information content (AvgIpc) is 3.07. The summed E-state index contributed by atoms with van der Waals surface area (Å²) in [6.45, 7) is 4.99. The summed E-state index contributed by atoms with van der Waals surface area (Å²) in [5.41, 5.74) is 3.19. The van der Waals surface area contributed by atoms with Crippen LogP contribution in [0.15, 0.2) is 53.7 Å². The van der Waals surface area contributed by atoms with Gasteiger partial charge in [-0.05, 0) is 62.1 Å². The lowest BCUT2D eigenvalue weighted by Crippen LogP contribution is -2.43. The zero-order chi connectivity index (χ0) is 21.1. The van der Waals surface area contributed by atoms with Gasteiger partial charge in [-0.2, -0.15) is 0 Å². The molecular weight excluding hydrogens is 398 g/mol. The number of nitrogen functional groups attached to an aromatic ring is 1. The van der Waals surface area contributed by atoms with Crippen molar-refractivity contribution in [3.05, 3.63) is 65.5 Å². The number of aryl methyl sites for hydroxylation is 2. The molecule has 1 unspecified atom stereocenters. The van der Waals surface area contributed by atoms with Crippen LogP contribution in [0, 0.1) is 13.8 Å². The van der Waals surface area contributed by atoms with Crippen LogP contribution in [-0.2, 0) is 11.4 Å². The fourth-order valence-electron chi connectivity index (χ4n) is 3.59. The number of amides is 1. The van der Waals surface area contributed by atoms with Gasteiger partial charge in [0.05, 0.1) is 5.25 Å². The van der Waals surface area contributed by atoms with Gasteiger partial charge < -0.3 is 15.5 Å². The van der Waals surface area contributed by atoms with Crippen LogP contribution < -0.4 is 15.5 Å². The lowest BCUT2D eigenvalue weighted by Gasteiger charge is -2.31. The molecule has 30 heavy (non-hydrogen) atoms. The molecule has 156 valence electrons. The van der Waals surface area contributed by atoms with Gasteiger partial charge in [0.25, 0.3) is 0 Å². The van der Waals surface area contributed by atoms with E-state index < -0.39 is 0 Å². The van der Waals surface area contributed by atoms with Gasteiger partial charge >= 0.3 is 0 Å². The molecule has 0 radical (unpaired) electrons. The van der Waals surface area contributed by atoms with Gasteiger partial charge in [-0.15, -0.1) is 10.2 Å². The first-order chi connectivity index (χ1) is 14.5. The standard InChI is InChI=1S/C22H25N5O2S/c1-15-11-16(2)13-18(12-15)29-14-20-24-25-22(27(20)23)30-19-9-6-10-26(21(19)28)17-7-4-3-5-8-17/h3-5,7-8,11-13,19H,6,9-10,14,23H2,1-2H3. The largest absolute Gasteiger partial charge is 0.486 e. The summed E-state index contributed by atoms with van der Waals surface area (Å²) in [7, 11) is 0. The van der Waals surface area contributed by atoms with E-state index in [2.05, 4.69) is 16.3 Å². The van der Waals surface area contributed by atoms with E-state index in [0.717, 1.165) is 42.0 Å². The summed E-state index contributed by atoms with van der Waals surface area (Å²) in [5, 5.41) is 8.63. The molecule has 1 aromatic heterocycles. The number of aromatic nitrogens is 3. The van der Waals surface area contributed by atoms with E-state index in [-0.39, 0.29) is 17.8 Å². The van der Waals surface area contributed by atoms with E-state index in [1.54, 1.807) is 0 Å². The van der Waals surface area contributed by atoms with Gasteiger partial charge in [0.2, 0.25) is 11.1 Å². The van der Waals surface area contributed by atoms with Gasteiger partial charge in [-0.3, -0.25) is 4.79 Å². The average molecular weight is 424 g/mol. The maximum atomic E-state index is 13.0. The number of piperidine rings is 1. The summed E-state index contributed by atoms with van der Waals surface area (Å²) in [4.78, 5) is 14.8. The number of ether oxygens (including phenoxy) is 1. The molecule has 8 heteroatoms. The molecule has 0 saturated carbocycles. The van der Waals surface area contributed by atoms with Gasteiger partial charge in [0, 0.05) is 12.2 Å². The second-order valence-electron chi connectivity index (χ2n) is 7.46. The van der Waals surface area contributed by atoms with Crippen LogP contribution in [0.4, 0.5) is 5.69 Å². The molecule has 2 aromatic carbocycles. The first kappa shape index (κ1) is 20.3. The van der Waals surface area contributed by atoms with E-state index in [0.29, 0.717) is 11.0 Å². The van der Waals surface area contributed by atoms with Crippen molar-refractivity contribution < 1.29 is 9.53 Å². The smallest absolute Gasteiger partial charge is 0.240 e. The van der Waals surface area contributed by atoms with Gasteiger partial charge in [-0.1, -0.05) is 36.0 Å². The Morgan fingerprint density at radius 2 is 1.87 bits per heavy atom. The first-order valence-corrected chi connectivity index (χ1v) is 10.8. The van der Waals surface area contributed by atoms with Crippen molar-refractivity contribution in [2.24, 2.45) is 0 Å². The lowest BCUT2D eigenvalue weighted by molar-refractivity contribution is -0.119. The number of rotatable bonds is 6. The molecule has 0 bridgehead atoms. The first-order valence-electron chi connectivity index (χ1n) is 9.95. The Balaban J connectivity index is 1.43. The van der Waals surface area contributed by atoms with Crippen molar-refractivity contribution in [3.63, 3.8) is 0 Å². The Morgan fingerprint density at radius 1 is 1.13 bits per heavy atom. The molecule has 3 aromatic rings. The van der Waals surface area contributed by atoms with Crippen molar-refractivity contribution in [1.29, 1.82) is 0 Å². The summed E-state index contributed by atoms with van der Waals surface area (Å²) in [6.07, 6.45) is 1.72. The fraction of sp³-hybridized carbons (Fsp3) is 0.318. The summed E-state index contributed by atoms with van der Waals surface area (Å²) < 4.78 is 7.26. The van der Waals surface area contributed by atoms with Gasteiger partial charge in [0.1, 0.15) is 12.4 Å². The topological polar surface area (TPSA) is 86.3 Å². The Kier molecular flexibility index (Phi) is 5.94. The molecule has 7 nitrogen and oxygen atoms in total. The third kappa shape index (κ3) is 4.43. The highest BCUT2D eigenvalue weighted by Crippen LogP contribution is 2.31. The number of benzene rings is 2. The van der Waals surface area contributed by atoms with Crippen molar-refractivity contribution in [3.8, 4) is 5.75 Å². The maximum absolute atomic E-state index is 13.0. The van der Waals surface area contributed by atoms with E-state index in [1.807, 2.05) is 61.2 Å². The highest BCUT2D eigenvalue weighted by atomic mass is 32.2. The predicted octanol–water partition coefficient (Wildman–Crippen LogP) is 3.48. The van der Waals surface area contributed by atoms with E-state index in [9.17, 15) is 4.79 Å². The maximum Gasteiger partial charge on any atom is 0.240 e. The number of hydrogen-bond donors (Lipinski definition) is 1. The van der Waals surface area contributed by atoms with Crippen molar-refractivity contribution >= 4 is 23.4 Å². The molecule has 1 atom stereocenters. The molecule has 1 aliphatic rings. The van der Waals surface area contributed by atoms with Crippen LogP contribution in [0.1, 0.15) is 29.8 Å². The fourth-order valence-corrected chi connectivity index (χ4v) is 4.67. The molecule has 0 aliphatic carbocycles. The lowest BCUT2D eigenvalue weighted by atomic mass is 10.1. The molecule has 0 spiro atoms. The molecular formula is C22H25N5O2S. The number of anilines is 1. The minimum Gasteiger partial charge on any atom is -0.486 e. The third-order valence-corrected chi connectivity index (χ3v) is 6.21. The van der Waals surface area contributed by atoms with E-state index in [1.165, 1.54) is 16.4 Å². The number of nitrogens with zero attached hydrogens (tertiary/aromatic N) is 4. The van der Waals surface area contributed by atoms with Crippen molar-refractivity contribution in [2.75, 3.05) is 17.3 Å². The monoisotopic (exact) mass is 423 g/mol. The van der Waals surface area contributed by atoms with Crippen LogP contribution in [-0.4, -0.2) is 32.6 Å². The summed E-state index contributed by atoms with van der Waals surface area (Å²) in [5.74, 6) is 7.56. The highest BCUT2D eigenvalue weighted by molar-refractivity contribution is 8.00. The number of thioether (sulfide) groups is 1. The third-order valence-electron chi connectivity index (χ3n) is 5.00. The normalized spacial score (nSPS) is 16.7. The minimum absolute atomic E-state index is 0.0773. The van der Waals surface area contributed by atoms with E-state index >= 15 is 0 Å². The molecule has 1 saturated heterocycles. The Morgan fingerprint density at radius 3 is 2.60 bits per heavy atom. The zero-order valence-electron chi connectivity index (χ0n) is 17.1. The second-order valence-corrected chi connectivity index (χ2v) is 8.62. The van der Waals surface area contributed by atoms with Crippen molar-refractivity contribution in [1.82, 2.24) is 14.9 Å². The number of para-hydroxylation sites is 1. The van der Waals surface area contributed by atoms with Gasteiger partial charge in [0.15, 0.2) is 5.82 Å². The van der Waals surface area contributed by atoms with Crippen LogP contribution in [0.3, 0.4) is 0 Å². The molecule has 2 N–H and O–H groups in total. The summed E-state index contributed by atoms with van der Waals surface area (Å²) in [6, 6.07) is 15.8. The Bertz CT molecular complexity index is 1020. The number of hydrogen-bond acceptors (Lipinski definition) is 6. The number of carbonyl (C=O) groups excluding carboxylic acids is 1. The van der Waals surface area contributed by atoms with Crippen LogP contribution in [0.25, 0.3) is 0 Å². The Hall–Kier alpha value is -3.00. The highest BCUT2D eigenvalue weighted by Gasteiger charge is 2.32. The SMILES string of the molecule is Cc1cc(C)cc(OCc2nnc(SC3CCCN(c4ccccc4)C3=O)n2N)c1. The van der Waals surface area contributed by atoms with E-state index in [4.69, 9.17) is 10.6 Å². The van der Waals surface area contributed by atoms with Crippen LogP contribution >= 0.6 is 11.8 Å². The quantitative estimate of drug-likeness (QED) is 0.611. The Labute approximate surface area is 180 Å².